The van der Waals surface area contributed by atoms with Crippen molar-refractivity contribution < 1.29 is 29.1 Å². The van der Waals surface area contributed by atoms with Gasteiger partial charge in [0.25, 0.3) is 11.8 Å². The number of imide groups is 2. The number of nitrogens with zero attached hydrogens (tertiary/aromatic N) is 2. The van der Waals surface area contributed by atoms with Gasteiger partial charge in [0.15, 0.2) is 15.5 Å². The first-order valence-electron chi connectivity index (χ1n) is 12.8. The average Bonchev–Trinajstić information content (AvgIpc) is 3.27. The van der Waals surface area contributed by atoms with Gasteiger partial charge in [-0.05, 0) is 67.6 Å². The van der Waals surface area contributed by atoms with Gasteiger partial charge in [-0.15, -0.1) is 23.2 Å². The van der Waals surface area contributed by atoms with E-state index in [4.69, 9.17) is 34.8 Å². The standard InChI is InChI=1S/C29H22BrCl3N2O6/c1-13(36)14-2-4-15(5-3-14)35-24(38)19-9-8-17-20(22(19)25(35)39)11-28(32)26(40)34(12-30)27(41)29(28,33)23(17)18-7-6-16(37)10-21(18)31/h2-8,10,19-20,22-23,37H,9,11-12H2,1H3/t19-,20+,22-,23+,28+,29-/m0/s1. The lowest BCUT2D eigenvalue weighted by Gasteiger charge is -2.51. The van der Waals surface area contributed by atoms with E-state index >= 15 is 0 Å². The quantitative estimate of drug-likeness (QED) is 0.157. The molecule has 0 aromatic heterocycles. The van der Waals surface area contributed by atoms with Crippen molar-refractivity contribution in [2.45, 2.75) is 35.4 Å². The molecular formula is C29H22BrCl3N2O6. The SMILES string of the molecule is CC(=O)c1ccc(N2C(=O)[C@H]3[C@H](CC=C4[C@H]3C[C@@]3(Cl)C(=O)N(CBr)C(=O)[C@@]3(Cl)[C@H]4c3ccc(O)cc3Cl)C2=O)cc1. The molecule has 3 fully saturated rings. The van der Waals surface area contributed by atoms with E-state index in [1.807, 2.05) is 6.08 Å². The zero-order valence-corrected chi connectivity index (χ0v) is 25.3. The number of ketones is 1. The van der Waals surface area contributed by atoms with Crippen LogP contribution >= 0.6 is 50.7 Å². The van der Waals surface area contributed by atoms with Crippen LogP contribution in [0.4, 0.5) is 5.69 Å². The van der Waals surface area contributed by atoms with Gasteiger partial charge in [-0.25, -0.2) is 0 Å². The molecule has 1 N–H and O–H groups in total. The summed E-state index contributed by atoms with van der Waals surface area (Å²) in [6, 6.07) is 10.5. The first kappa shape index (κ1) is 28.4. The summed E-state index contributed by atoms with van der Waals surface area (Å²) >= 11 is 24.1. The minimum atomic E-state index is -1.98. The second-order valence-corrected chi connectivity index (χ2v) is 13.0. The van der Waals surface area contributed by atoms with Crippen molar-refractivity contribution in [3.8, 4) is 5.75 Å². The molecule has 8 nitrogen and oxygen atoms in total. The smallest absolute Gasteiger partial charge is 0.254 e. The number of carbonyl (C=O) groups is 5. The highest BCUT2D eigenvalue weighted by molar-refractivity contribution is 9.09. The third kappa shape index (κ3) is 3.75. The molecule has 2 saturated heterocycles. The summed E-state index contributed by atoms with van der Waals surface area (Å²) in [7, 11) is 0. The minimum absolute atomic E-state index is 0.108. The number of carbonyl (C=O) groups excluding carboxylic acids is 5. The second kappa shape index (κ2) is 9.66. The summed E-state index contributed by atoms with van der Waals surface area (Å²) in [6.07, 6.45) is 1.85. The lowest BCUT2D eigenvalue weighted by molar-refractivity contribution is -0.138. The number of phenolic OH excluding ortho intramolecular Hbond substituents is 1. The fourth-order valence-corrected chi connectivity index (χ4v) is 8.65. The fourth-order valence-electron chi connectivity index (χ4n) is 6.95. The molecule has 4 aliphatic rings. The molecule has 2 aliphatic heterocycles. The highest BCUT2D eigenvalue weighted by Crippen LogP contribution is 2.66. The monoisotopic (exact) mass is 678 g/mol. The number of hydrogen-bond acceptors (Lipinski definition) is 6. The van der Waals surface area contributed by atoms with Gasteiger partial charge >= 0.3 is 0 Å². The first-order chi connectivity index (χ1) is 19.4. The number of hydrogen-bond donors (Lipinski definition) is 1. The van der Waals surface area contributed by atoms with Crippen LogP contribution in [0.15, 0.2) is 54.1 Å². The predicted octanol–water partition coefficient (Wildman–Crippen LogP) is 5.16. The molecule has 0 radical (unpaired) electrons. The van der Waals surface area contributed by atoms with E-state index < -0.39 is 57.0 Å². The Morgan fingerprint density at radius 2 is 1.71 bits per heavy atom. The van der Waals surface area contributed by atoms with E-state index in [0.717, 1.165) is 9.80 Å². The normalized spacial score (nSPS) is 32.6. The number of anilines is 1. The maximum absolute atomic E-state index is 14.0. The highest BCUT2D eigenvalue weighted by Gasteiger charge is 2.76. The third-order valence-electron chi connectivity index (χ3n) is 8.84. The van der Waals surface area contributed by atoms with Crippen LogP contribution in [-0.2, 0) is 19.2 Å². The Morgan fingerprint density at radius 3 is 2.32 bits per heavy atom. The van der Waals surface area contributed by atoms with Crippen molar-refractivity contribution in [1.82, 2.24) is 4.90 Å². The topological polar surface area (TPSA) is 112 Å². The van der Waals surface area contributed by atoms with Gasteiger partial charge in [-0.3, -0.25) is 33.8 Å². The third-order valence-corrected chi connectivity index (χ3v) is 11.1. The summed E-state index contributed by atoms with van der Waals surface area (Å²) in [5, 5.41) is 10.1. The number of amides is 4. The van der Waals surface area contributed by atoms with Crippen molar-refractivity contribution in [2.24, 2.45) is 17.8 Å². The number of allylic oxidation sites excluding steroid dienone is 2. The van der Waals surface area contributed by atoms with Crippen molar-refractivity contribution in [2.75, 3.05) is 10.4 Å². The van der Waals surface area contributed by atoms with Crippen LogP contribution in [0.1, 0.15) is 41.6 Å². The van der Waals surface area contributed by atoms with Crippen LogP contribution in [0, 0.1) is 17.8 Å². The van der Waals surface area contributed by atoms with Crippen molar-refractivity contribution >= 4 is 85.8 Å². The Hall–Kier alpha value is -2.72. The number of Topliss-reactive ketones (excluding diaryl/α,β-unsaturated/α-hetero) is 1. The number of alkyl halides is 3. The van der Waals surface area contributed by atoms with Gasteiger partial charge in [0, 0.05) is 16.5 Å². The maximum atomic E-state index is 14.0. The molecule has 2 aliphatic carbocycles. The first-order valence-corrected chi connectivity index (χ1v) is 15.1. The van der Waals surface area contributed by atoms with Crippen LogP contribution in [0.25, 0.3) is 0 Å². The zero-order chi connectivity index (χ0) is 29.6. The molecule has 0 unspecified atom stereocenters. The Morgan fingerprint density at radius 1 is 1.02 bits per heavy atom. The van der Waals surface area contributed by atoms with E-state index in [0.29, 0.717) is 22.4 Å². The molecular weight excluding hydrogens is 659 g/mol. The van der Waals surface area contributed by atoms with Crippen LogP contribution in [-0.4, -0.2) is 54.6 Å². The summed E-state index contributed by atoms with van der Waals surface area (Å²) in [4.78, 5) is 65.0. The molecule has 2 aromatic carbocycles. The summed E-state index contributed by atoms with van der Waals surface area (Å²) in [5.41, 5.74) is 1.60. The van der Waals surface area contributed by atoms with Gasteiger partial charge in [0.2, 0.25) is 11.8 Å². The lowest BCUT2D eigenvalue weighted by atomic mass is 9.56. The summed E-state index contributed by atoms with van der Waals surface area (Å²) in [5.74, 6) is -5.84. The molecule has 2 heterocycles. The van der Waals surface area contributed by atoms with E-state index in [2.05, 4.69) is 15.9 Å². The number of fused-ring (bicyclic) bond motifs is 4. The molecule has 12 heteroatoms. The van der Waals surface area contributed by atoms with Crippen molar-refractivity contribution in [1.29, 1.82) is 0 Å². The number of phenols is 1. The zero-order valence-electron chi connectivity index (χ0n) is 21.4. The number of likely N-dealkylation sites (tertiary alicyclic amines) is 1. The van der Waals surface area contributed by atoms with Crippen molar-refractivity contribution in [3.63, 3.8) is 0 Å². The fraction of sp³-hybridized carbons (Fsp3) is 0.345. The maximum Gasteiger partial charge on any atom is 0.254 e. The molecule has 6 atom stereocenters. The van der Waals surface area contributed by atoms with E-state index in [-0.39, 0.29) is 34.9 Å². The van der Waals surface area contributed by atoms with E-state index in [1.54, 1.807) is 24.3 Å². The predicted molar refractivity (Wildman–Crippen MR) is 155 cm³/mol. The molecule has 41 heavy (non-hydrogen) atoms. The summed E-state index contributed by atoms with van der Waals surface area (Å²) < 4.78 is 0. The largest absolute Gasteiger partial charge is 0.508 e. The Balaban J connectivity index is 1.50. The lowest BCUT2D eigenvalue weighted by Crippen LogP contribution is -2.60. The van der Waals surface area contributed by atoms with Crippen LogP contribution < -0.4 is 4.90 Å². The van der Waals surface area contributed by atoms with Gasteiger partial charge in [-0.2, -0.15) is 0 Å². The van der Waals surface area contributed by atoms with Gasteiger partial charge in [-0.1, -0.05) is 45.2 Å². The average molecular weight is 681 g/mol. The van der Waals surface area contributed by atoms with Crippen LogP contribution in [0.2, 0.25) is 5.02 Å². The Labute approximate surface area is 258 Å². The minimum Gasteiger partial charge on any atom is -0.508 e. The summed E-state index contributed by atoms with van der Waals surface area (Å²) in [6.45, 7) is 1.42. The van der Waals surface area contributed by atoms with Crippen molar-refractivity contribution in [3.05, 3.63) is 70.3 Å². The van der Waals surface area contributed by atoms with E-state index in [1.165, 1.54) is 25.1 Å². The second-order valence-electron chi connectivity index (χ2n) is 10.8. The molecule has 0 spiro atoms. The number of aromatic hydroxyl groups is 1. The molecule has 0 bridgehead atoms. The number of benzene rings is 2. The van der Waals surface area contributed by atoms with Gasteiger partial charge in [0.05, 0.1) is 23.0 Å². The van der Waals surface area contributed by atoms with Gasteiger partial charge < -0.3 is 5.11 Å². The van der Waals surface area contributed by atoms with Gasteiger partial charge in [0.1, 0.15) is 5.75 Å². The molecule has 2 aromatic rings. The Kier molecular flexibility index (Phi) is 6.69. The van der Waals surface area contributed by atoms with E-state index in [9.17, 15) is 29.1 Å². The molecule has 4 amide bonds. The van der Waals surface area contributed by atoms with Crippen LogP contribution in [0.5, 0.6) is 5.75 Å². The number of rotatable bonds is 4. The molecule has 1 saturated carbocycles. The Bertz CT molecular complexity index is 1600. The van der Waals surface area contributed by atoms with Crippen LogP contribution in [0.3, 0.4) is 0 Å². The molecule has 6 rings (SSSR count). The number of halogens is 4. The highest BCUT2D eigenvalue weighted by atomic mass is 79.9. The molecule has 212 valence electrons.